The minimum atomic E-state index is -0.141. The zero-order chi connectivity index (χ0) is 14.1. The number of para-hydroxylation sites is 1. The van der Waals surface area contributed by atoms with Crippen molar-refractivity contribution in [3.8, 4) is 0 Å². The van der Waals surface area contributed by atoms with E-state index in [0.717, 1.165) is 16.9 Å². The van der Waals surface area contributed by atoms with Crippen molar-refractivity contribution in [3.63, 3.8) is 0 Å². The first-order valence-corrected chi connectivity index (χ1v) is 7.62. The lowest BCUT2D eigenvalue weighted by molar-refractivity contribution is -0.117. The molecule has 20 heavy (non-hydrogen) atoms. The van der Waals surface area contributed by atoms with Crippen LogP contribution in [0, 0.1) is 0 Å². The zero-order valence-electron chi connectivity index (χ0n) is 11.5. The molecule has 1 aromatic heterocycles. The Morgan fingerprint density at radius 2 is 2.25 bits per heavy atom. The van der Waals surface area contributed by atoms with Gasteiger partial charge in [-0.2, -0.15) is 0 Å². The second-order valence-corrected chi connectivity index (χ2v) is 6.10. The summed E-state index contributed by atoms with van der Waals surface area (Å²) in [5, 5.41) is 8.88. The summed E-state index contributed by atoms with van der Waals surface area (Å²) in [6, 6.07) is 7.94. The van der Waals surface area contributed by atoms with E-state index >= 15 is 0 Å². The van der Waals surface area contributed by atoms with Crippen LogP contribution in [0.4, 0.5) is 10.8 Å². The maximum Gasteiger partial charge on any atom is 0.235 e. The van der Waals surface area contributed by atoms with E-state index < -0.39 is 0 Å². The highest BCUT2D eigenvalue weighted by molar-refractivity contribution is 7.13. The highest BCUT2D eigenvalue weighted by Crippen LogP contribution is 2.32. The smallest absolute Gasteiger partial charge is 0.235 e. The third kappa shape index (κ3) is 2.41. The molecule has 1 aliphatic heterocycles. The molecule has 5 heteroatoms. The molecule has 1 aliphatic rings. The predicted octanol–water partition coefficient (Wildman–Crippen LogP) is 3.41. The summed E-state index contributed by atoms with van der Waals surface area (Å²) in [7, 11) is 0. The molecule has 104 valence electrons. The summed E-state index contributed by atoms with van der Waals surface area (Å²) < 4.78 is 0. The average molecular weight is 287 g/mol. The van der Waals surface area contributed by atoms with Gasteiger partial charge in [0.05, 0.1) is 11.6 Å². The largest absolute Gasteiger partial charge is 0.384 e. The van der Waals surface area contributed by atoms with Crippen LogP contribution in [0.2, 0.25) is 0 Å². The highest BCUT2D eigenvalue weighted by atomic mass is 32.1. The van der Waals surface area contributed by atoms with Crippen molar-refractivity contribution in [2.24, 2.45) is 0 Å². The second kappa shape index (κ2) is 5.25. The summed E-state index contributed by atoms with van der Waals surface area (Å²) in [6.07, 6.45) is 0. The van der Waals surface area contributed by atoms with Gasteiger partial charge in [-0.15, -0.1) is 11.3 Å². The molecular weight excluding hydrogens is 270 g/mol. The first-order chi connectivity index (χ1) is 9.65. The molecule has 1 unspecified atom stereocenters. The van der Waals surface area contributed by atoms with Crippen molar-refractivity contribution < 1.29 is 4.79 Å². The number of thiazole rings is 1. The van der Waals surface area contributed by atoms with Crippen molar-refractivity contribution in [1.82, 2.24) is 4.98 Å². The van der Waals surface area contributed by atoms with Crippen LogP contribution in [0.25, 0.3) is 0 Å². The summed E-state index contributed by atoms with van der Waals surface area (Å²) in [4.78, 5) is 16.8. The Kier molecular flexibility index (Phi) is 3.44. The van der Waals surface area contributed by atoms with E-state index in [-0.39, 0.29) is 11.8 Å². The fourth-order valence-corrected chi connectivity index (χ4v) is 3.19. The number of nitrogens with one attached hydrogen (secondary N) is 2. The molecular formula is C15H17N3OS. The van der Waals surface area contributed by atoms with E-state index in [2.05, 4.69) is 29.5 Å². The zero-order valence-corrected chi connectivity index (χ0v) is 12.3. The molecule has 1 atom stereocenters. The van der Waals surface area contributed by atoms with E-state index in [0.29, 0.717) is 17.6 Å². The van der Waals surface area contributed by atoms with E-state index in [4.69, 9.17) is 0 Å². The lowest BCUT2D eigenvalue weighted by atomic mass is 10.0. The molecule has 2 N–H and O–H groups in total. The summed E-state index contributed by atoms with van der Waals surface area (Å²) >= 11 is 1.48. The molecule has 3 rings (SSSR count). The molecule has 1 aromatic carbocycles. The number of carbonyl (C=O) groups excluding carboxylic acids is 1. The molecule has 0 saturated heterocycles. The van der Waals surface area contributed by atoms with Gasteiger partial charge in [0.15, 0.2) is 5.13 Å². The van der Waals surface area contributed by atoms with E-state index in [1.54, 1.807) is 0 Å². The Bertz CT molecular complexity index is 636. The number of rotatable bonds is 3. The topological polar surface area (TPSA) is 54.0 Å². The minimum absolute atomic E-state index is 0.00658. The van der Waals surface area contributed by atoms with Gasteiger partial charge in [0, 0.05) is 17.6 Å². The Morgan fingerprint density at radius 3 is 3.00 bits per heavy atom. The number of nitrogens with zero attached hydrogens (tertiary/aromatic N) is 1. The van der Waals surface area contributed by atoms with Crippen molar-refractivity contribution in [3.05, 3.63) is 40.9 Å². The van der Waals surface area contributed by atoms with Crippen LogP contribution >= 0.6 is 11.3 Å². The predicted molar refractivity (Wildman–Crippen MR) is 82.5 cm³/mol. The summed E-state index contributed by atoms with van der Waals surface area (Å²) in [6.45, 7) is 4.84. The fourth-order valence-electron chi connectivity index (χ4n) is 2.32. The lowest BCUT2D eigenvalue weighted by Crippen LogP contribution is -2.22. The number of hydrogen-bond acceptors (Lipinski definition) is 4. The Balaban J connectivity index is 1.74. The highest BCUT2D eigenvalue weighted by Gasteiger charge is 2.28. The molecule has 4 nitrogen and oxygen atoms in total. The van der Waals surface area contributed by atoms with Gasteiger partial charge >= 0.3 is 0 Å². The Hall–Kier alpha value is -1.88. The molecule has 2 aromatic rings. The number of anilines is 2. The van der Waals surface area contributed by atoms with Crippen LogP contribution in [-0.4, -0.2) is 17.4 Å². The van der Waals surface area contributed by atoms with Crippen LogP contribution < -0.4 is 10.6 Å². The average Bonchev–Trinajstić information content (AvgIpc) is 3.04. The van der Waals surface area contributed by atoms with Crippen LogP contribution in [0.5, 0.6) is 0 Å². The summed E-state index contributed by atoms with van der Waals surface area (Å²) in [5.41, 5.74) is 3.13. The number of aromatic nitrogens is 1. The first kappa shape index (κ1) is 13.1. The molecule has 0 aliphatic carbocycles. The Labute approximate surface area is 122 Å². The molecule has 0 radical (unpaired) electrons. The number of hydrogen-bond donors (Lipinski definition) is 2. The van der Waals surface area contributed by atoms with Gasteiger partial charge in [-0.1, -0.05) is 32.0 Å². The third-order valence-corrected chi connectivity index (χ3v) is 4.27. The van der Waals surface area contributed by atoms with Gasteiger partial charge in [-0.3, -0.25) is 4.79 Å². The maximum atomic E-state index is 12.4. The van der Waals surface area contributed by atoms with Gasteiger partial charge in [0.25, 0.3) is 0 Å². The normalized spacial score (nSPS) is 16.9. The first-order valence-electron chi connectivity index (χ1n) is 6.74. The van der Waals surface area contributed by atoms with Crippen LogP contribution in [0.15, 0.2) is 29.6 Å². The van der Waals surface area contributed by atoms with Crippen LogP contribution in [0.1, 0.15) is 36.9 Å². The van der Waals surface area contributed by atoms with Gasteiger partial charge in [-0.05, 0) is 17.5 Å². The number of amides is 1. The second-order valence-electron chi connectivity index (χ2n) is 5.24. The van der Waals surface area contributed by atoms with Gasteiger partial charge in [0.2, 0.25) is 5.91 Å². The van der Waals surface area contributed by atoms with Crippen molar-refractivity contribution >= 4 is 28.1 Å². The van der Waals surface area contributed by atoms with Crippen LogP contribution in [0.3, 0.4) is 0 Å². The standard InChI is InChI=1S/C15H17N3OS/c1-9(2)13-8-20-15(17-13)18-14(19)11-7-16-12-6-4-3-5-10(11)12/h3-6,8-9,11,16H,7H2,1-2H3,(H,17,18,19). The summed E-state index contributed by atoms with van der Waals surface area (Å²) in [5.74, 6) is 0.246. The van der Waals surface area contributed by atoms with E-state index in [9.17, 15) is 4.79 Å². The number of fused-ring (bicyclic) bond motifs is 1. The van der Waals surface area contributed by atoms with Gasteiger partial charge in [-0.25, -0.2) is 4.98 Å². The Morgan fingerprint density at radius 1 is 1.45 bits per heavy atom. The molecule has 2 heterocycles. The molecule has 1 amide bonds. The van der Waals surface area contributed by atoms with Crippen molar-refractivity contribution in [1.29, 1.82) is 0 Å². The van der Waals surface area contributed by atoms with Crippen LogP contribution in [-0.2, 0) is 4.79 Å². The monoisotopic (exact) mass is 287 g/mol. The molecule has 0 fully saturated rings. The quantitative estimate of drug-likeness (QED) is 0.909. The van der Waals surface area contributed by atoms with Gasteiger partial charge < -0.3 is 10.6 Å². The van der Waals surface area contributed by atoms with Crippen molar-refractivity contribution in [2.45, 2.75) is 25.7 Å². The molecule has 0 spiro atoms. The minimum Gasteiger partial charge on any atom is -0.384 e. The van der Waals surface area contributed by atoms with E-state index in [1.807, 2.05) is 29.6 Å². The lowest BCUT2D eigenvalue weighted by Gasteiger charge is -2.09. The maximum absolute atomic E-state index is 12.4. The number of carbonyl (C=O) groups is 1. The molecule has 0 saturated carbocycles. The fraction of sp³-hybridized carbons (Fsp3) is 0.333. The van der Waals surface area contributed by atoms with Crippen molar-refractivity contribution in [2.75, 3.05) is 17.2 Å². The third-order valence-electron chi connectivity index (χ3n) is 3.49. The SMILES string of the molecule is CC(C)c1csc(NC(=O)C2CNc3ccccc32)n1. The number of benzene rings is 1. The van der Waals surface area contributed by atoms with Gasteiger partial charge in [0.1, 0.15) is 0 Å². The van der Waals surface area contributed by atoms with E-state index in [1.165, 1.54) is 11.3 Å². The molecule has 0 bridgehead atoms.